The van der Waals surface area contributed by atoms with Gasteiger partial charge >= 0.3 is 0 Å². The van der Waals surface area contributed by atoms with Crippen molar-refractivity contribution in [3.63, 3.8) is 0 Å². The number of likely N-dealkylation sites (N-methyl/N-ethyl adjacent to an activating group) is 1. The topological polar surface area (TPSA) is 36.4 Å². The number of nitrogens with zero attached hydrogens (tertiary/aromatic N) is 3. The third-order valence-electron chi connectivity index (χ3n) is 6.63. The highest BCUT2D eigenvalue weighted by atomic mass is 16.2. The van der Waals surface area contributed by atoms with Crippen LogP contribution in [-0.2, 0) is 11.2 Å². The fourth-order valence-corrected chi connectivity index (χ4v) is 4.87. The SMILES string of the molecule is CN1CC(c2ccccc2)CC12CCN(C(=O)CCc1ccncc1)CC2. The van der Waals surface area contributed by atoms with Gasteiger partial charge in [-0.25, -0.2) is 0 Å². The second-order valence-corrected chi connectivity index (χ2v) is 8.15. The number of likely N-dealkylation sites (tertiary alicyclic amines) is 2. The fourth-order valence-electron chi connectivity index (χ4n) is 4.87. The first-order chi connectivity index (χ1) is 13.2. The maximum absolute atomic E-state index is 12.6. The average molecular weight is 364 g/mol. The highest BCUT2D eigenvalue weighted by Gasteiger charge is 2.46. The lowest BCUT2D eigenvalue weighted by atomic mass is 9.81. The van der Waals surface area contributed by atoms with Crippen molar-refractivity contribution < 1.29 is 4.79 Å². The molecule has 4 nitrogen and oxygen atoms in total. The summed E-state index contributed by atoms with van der Waals surface area (Å²) in [5, 5.41) is 0. The molecule has 1 spiro atoms. The van der Waals surface area contributed by atoms with Gasteiger partial charge in [0, 0.05) is 44.0 Å². The van der Waals surface area contributed by atoms with Crippen LogP contribution < -0.4 is 0 Å². The van der Waals surface area contributed by atoms with Gasteiger partial charge in [-0.1, -0.05) is 30.3 Å². The third-order valence-corrected chi connectivity index (χ3v) is 6.63. The van der Waals surface area contributed by atoms with Crippen molar-refractivity contribution >= 4 is 5.91 Å². The zero-order chi connectivity index (χ0) is 18.7. The van der Waals surface area contributed by atoms with E-state index in [1.807, 2.05) is 12.1 Å². The summed E-state index contributed by atoms with van der Waals surface area (Å²) in [4.78, 5) is 21.3. The summed E-state index contributed by atoms with van der Waals surface area (Å²) in [6.07, 6.45) is 8.39. The van der Waals surface area contributed by atoms with E-state index in [1.54, 1.807) is 12.4 Å². The number of pyridine rings is 1. The summed E-state index contributed by atoms with van der Waals surface area (Å²) in [5.74, 6) is 0.909. The van der Waals surface area contributed by atoms with Crippen molar-refractivity contribution in [3.8, 4) is 0 Å². The Balaban J connectivity index is 1.32. The number of carbonyl (C=O) groups excluding carboxylic acids is 1. The number of hydrogen-bond donors (Lipinski definition) is 0. The van der Waals surface area contributed by atoms with Gasteiger partial charge in [-0.05, 0) is 61.9 Å². The number of piperidine rings is 1. The lowest BCUT2D eigenvalue weighted by Crippen LogP contribution is -2.52. The van der Waals surface area contributed by atoms with Crippen LogP contribution in [0.25, 0.3) is 0 Å². The van der Waals surface area contributed by atoms with Crippen molar-refractivity contribution in [2.45, 2.75) is 43.6 Å². The number of aryl methyl sites for hydroxylation is 1. The molecule has 0 N–H and O–H groups in total. The van der Waals surface area contributed by atoms with Crippen molar-refractivity contribution in [1.82, 2.24) is 14.8 Å². The summed E-state index contributed by atoms with van der Waals surface area (Å²) < 4.78 is 0. The van der Waals surface area contributed by atoms with Gasteiger partial charge in [-0.15, -0.1) is 0 Å². The lowest BCUT2D eigenvalue weighted by Gasteiger charge is -2.43. The molecule has 4 heteroatoms. The van der Waals surface area contributed by atoms with Crippen molar-refractivity contribution in [2.24, 2.45) is 0 Å². The van der Waals surface area contributed by atoms with Gasteiger partial charge < -0.3 is 4.90 Å². The maximum Gasteiger partial charge on any atom is 0.222 e. The van der Waals surface area contributed by atoms with E-state index in [9.17, 15) is 4.79 Å². The molecule has 27 heavy (non-hydrogen) atoms. The number of aromatic nitrogens is 1. The molecular formula is C23H29N3O. The number of amides is 1. The molecule has 1 aromatic heterocycles. The molecule has 0 bridgehead atoms. The second-order valence-electron chi connectivity index (χ2n) is 8.15. The zero-order valence-electron chi connectivity index (χ0n) is 16.2. The van der Waals surface area contributed by atoms with Crippen LogP contribution in [0.5, 0.6) is 0 Å². The highest BCUT2D eigenvalue weighted by molar-refractivity contribution is 5.76. The first-order valence-corrected chi connectivity index (χ1v) is 10.1. The molecule has 0 radical (unpaired) electrons. The molecule has 2 aliphatic rings. The quantitative estimate of drug-likeness (QED) is 0.834. The van der Waals surface area contributed by atoms with E-state index in [-0.39, 0.29) is 5.54 Å². The first-order valence-electron chi connectivity index (χ1n) is 10.1. The molecule has 3 heterocycles. The van der Waals surface area contributed by atoms with E-state index in [1.165, 1.54) is 17.5 Å². The van der Waals surface area contributed by atoms with Gasteiger partial charge in [0.25, 0.3) is 0 Å². The maximum atomic E-state index is 12.6. The zero-order valence-corrected chi connectivity index (χ0v) is 16.2. The minimum atomic E-state index is 0.266. The van der Waals surface area contributed by atoms with Gasteiger partial charge in [0.05, 0.1) is 0 Å². The fraction of sp³-hybridized carbons (Fsp3) is 0.478. The Morgan fingerprint density at radius 2 is 1.81 bits per heavy atom. The number of hydrogen-bond acceptors (Lipinski definition) is 3. The second kappa shape index (κ2) is 7.81. The van der Waals surface area contributed by atoms with Crippen LogP contribution in [0, 0.1) is 0 Å². The monoisotopic (exact) mass is 363 g/mol. The molecule has 2 fully saturated rings. The van der Waals surface area contributed by atoms with Gasteiger partial charge in [0.1, 0.15) is 0 Å². The minimum absolute atomic E-state index is 0.266. The van der Waals surface area contributed by atoms with E-state index in [2.05, 4.69) is 52.2 Å². The summed E-state index contributed by atoms with van der Waals surface area (Å²) in [6, 6.07) is 14.9. The standard InChI is InChI=1S/C23H29N3O/c1-25-18-21(20-5-3-2-4-6-20)17-23(25)11-15-26(16-12-23)22(27)8-7-19-9-13-24-14-10-19/h2-6,9-10,13-14,21H,7-8,11-12,15-18H2,1H3. The molecule has 1 unspecified atom stereocenters. The predicted octanol–water partition coefficient (Wildman–Crippen LogP) is 3.49. The molecule has 1 amide bonds. The Morgan fingerprint density at radius 1 is 1.11 bits per heavy atom. The molecule has 1 atom stereocenters. The van der Waals surface area contributed by atoms with Crippen LogP contribution in [-0.4, -0.2) is 52.9 Å². The van der Waals surface area contributed by atoms with Crippen LogP contribution in [0.2, 0.25) is 0 Å². The van der Waals surface area contributed by atoms with E-state index in [4.69, 9.17) is 0 Å². The molecule has 2 aliphatic heterocycles. The Bertz CT molecular complexity index is 754. The Labute approximate surface area is 162 Å². The van der Waals surface area contributed by atoms with Crippen molar-refractivity contribution in [1.29, 1.82) is 0 Å². The normalized spacial score (nSPS) is 22.3. The van der Waals surface area contributed by atoms with Gasteiger partial charge in [-0.3, -0.25) is 14.7 Å². The predicted molar refractivity (Wildman–Crippen MR) is 108 cm³/mol. The van der Waals surface area contributed by atoms with Crippen LogP contribution in [0.3, 0.4) is 0 Å². The Kier molecular flexibility index (Phi) is 5.26. The van der Waals surface area contributed by atoms with Crippen LogP contribution in [0.4, 0.5) is 0 Å². The first kappa shape index (κ1) is 18.2. The lowest BCUT2D eigenvalue weighted by molar-refractivity contribution is -0.133. The van der Waals surface area contributed by atoms with E-state index in [0.29, 0.717) is 18.2 Å². The number of rotatable bonds is 4. The van der Waals surface area contributed by atoms with E-state index < -0.39 is 0 Å². The van der Waals surface area contributed by atoms with Crippen molar-refractivity contribution in [3.05, 3.63) is 66.0 Å². The van der Waals surface area contributed by atoms with Crippen LogP contribution in [0.15, 0.2) is 54.9 Å². The molecule has 1 aromatic carbocycles. The molecule has 0 saturated carbocycles. The minimum Gasteiger partial charge on any atom is -0.343 e. The Morgan fingerprint density at radius 3 is 2.52 bits per heavy atom. The number of carbonyl (C=O) groups is 1. The molecular weight excluding hydrogens is 334 g/mol. The molecule has 2 aromatic rings. The summed E-state index contributed by atoms with van der Waals surface area (Å²) in [6.45, 7) is 2.90. The van der Waals surface area contributed by atoms with Crippen molar-refractivity contribution in [2.75, 3.05) is 26.7 Å². The molecule has 142 valence electrons. The third kappa shape index (κ3) is 3.91. The Hall–Kier alpha value is -2.20. The van der Waals surface area contributed by atoms with Gasteiger partial charge in [0.2, 0.25) is 5.91 Å². The largest absolute Gasteiger partial charge is 0.343 e. The van der Waals surface area contributed by atoms with Crippen LogP contribution in [0.1, 0.15) is 42.7 Å². The molecule has 2 saturated heterocycles. The van der Waals surface area contributed by atoms with Gasteiger partial charge in [-0.2, -0.15) is 0 Å². The highest BCUT2D eigenvalue weighted by Crippen LogP contribution is 2.43. The molecule has 0 aliphatic carbocycles. The average Bonchev–Trinajstić information content (AvgIpc) is 3.04. The van der Waals surface area contributed by atoms with Crippen LogP contribution >= 0.6 is 0 Å². The number of benzene rings is 1. The summed E-state index contributed by atoms with van der Waals surface area (Å²) >= 11 is 0. The van der Waals surface area contributed by atoms with E-state index >= 15 is 0 Å². The summed E-state index contributed by atoms with van der Waals surface area (Å²) in [5.41, 5.74) is 2.91. The smallest absolute Gasteiger partial charge is 0.222 e. The molecule has 4 rings (SSSR count). The summed E-state index contributed by atoms with van der Waals surface area (Å²) in [7, 11) is 2.27. The van der Waals surface area contributed by atoms with E-state index in [0.717, 1.165) is 38.9 Å². The van der Waals surface area contributed by atoms with Gasteiger partial charge in [0.15, 0.2) is 0 Å².